The molecule has 2 amide bonds. The van der Waals surface area contributed by atoms with Gasteiger partial charge in [0, 0.05) is 30.9 Å². The summed E-state index contributed by atoms with van der Waals surface area (Å²) >= 11 is 1.77. The maximum Gasteiger partial charge on any atom is 0.317 e. The van der Waals surface area contributed by atoms with Crippen molar-refractivity contribution in [1.29, 1.82) is 0 Å². The molecule has 1 aromatic heterocycles. The molecule has 1 saturated heterocycles. The lowest BCUT2D eigenvalue weighted by Gasteiger charge is -2.35. The zero-order valence-electron chi connectivity index (χ0n) is 15.0. The Bertz CT molecular complexity index is 706. The van der Waals surface area contributed by atoms with Crippen molar-refractivity contribution in [3.63, 3.8) is 0 Å². The molecule has 8 heteroatoms. The smallest absolute Gasteiger partial charge is 0.317 e. The van der Waals surface area contributed by atoms with Crippen LogP contribution in [0.5, 0.6) is 0 Å². The highest BCUT2D eigenvalue weighted by Crippen LogP contribution is 2.26. The fraction of sp³-hybridized carbons (Fsp3) is 0.765. The number of urea groups is 1. The Hall–Kier alpha value is -1.15. The fourth-order valence-electron chi connectivity index (χ4n) is 3.59. The molecule has 140 valence electrons. The van der Waals surface area contributed by atoms with Crippen molar-refractivity contribution in [3.8, 4) is 0 Å². The van der Waals surface area contributed by atoms with Gasteiger partial charge in [0.1, 0.15) is 0 Å². The van der Waals surface area contributed by atoms with E-state index in [1.54, 1.807) is 23.2 Å². The molecule has 1 aliphatic carbocycles. The van der Waals surface area contributed by atoms with Crippen molar-refractivity contribution in [3.05, 3.63) is 15.6 Å². The summed E-state index contributed by atoms with van der Waals surface area (Å²) in [5.74, 6) is 0. The normalized spacial score (nSPS) is 25.4. The zero-order chi connectivity index (χ0) is 18.0. The van der Waals surface area contributed by atoms with Gasteiger partial charge < -0.3 is 10.2 Å². The van der Waals surface area contributed by atoms with Gasteiger partial charge in [-0.25, -0.2) is 18.2 Å². The third kappa shape index (κ3) is 4.00. The van der Waals surface area contributed by atoms with Crippen LogP contribution in [0, 0.1) is 0 Å². The summed E-state index contributed by atoms with van der Waals surface area (Å²) in [4.78, 5) is 20.2. The molecule has 25 heavy (non-hydrogen) atoms. The van der Waals surface area contributed by atoms with Crippen LogP contribution in [-0.4, -0.2) is 54.5 Å². The minimum atomic E-state index is -3.11. The molecular weight excluding hydrogens is 358 g/mol. The van der Waals surface area contributed by atoms with E-state index in [1.807, 2.05) is 6.92 Å². The number of carbonyl (C=O) groups is 1. The minimum Gasteiger partial charge on any atom is -0.338 e. The van der Waals surface area contributed by atoms with Crippen molar-refractivity contribution >= 4 is 27.2 Å². The second-order valence-electron chi connectivity index (χ2n) is 7.00. The maximum absolute atomic E-state index is 12.4. The van der Waals surface area contributed by atoms with Gasteiger partial charge in [-0.15, -0.1) is 11.3 Å². The van der Waals surface area contributed by atoms with Crippen molar-refractivity contribution in [2.24, 2.45) is 0 Å². The SMILES string of the molecule is CCC1CN(C(=O)NCCc2nc3c(s2)CCCC3)CC(C)S1(=O)=O. The van der Waals surface area contributed by atoms with Gasteiger partial charge >= 0.3 is 6.03 Å². The van der Waals surface area contributed by atoms with E-state index in [0.717, 1.165) is 24.3 Å². The summed E-state index contributed by atoms with van der Waals surface area (Å²) in [7, 11) is -3.11. The Morgan fingerprint density at radius 3 is 2.80 bits per heavy atom. The first-order valence-electron chi connectivity index (χ1n) is 9.14. The first-order chi connectivity index (χ1) is 11.9. The van der Waals surface area contributed by atoms with Gasteiger partial charge in [-0.1, -0.05) is 6.92 Å². The van der Waals surface area contributed by atoms with Crippen molar-refractivity contribution < 1.29 is 13.2 Å². The lowest BCUT2D eigenvalue weighted by molar-refractivity contribution is 0.194. The van der Waals surface area contributed by atoms with Crippen LogP contribution in [0.15, 0.2) is 0 Å². The summed E-state index contributed by atoms with van der Waals surface area (Å²) in [6, 6.07) is -0.165. The Labute approximate surface area is 153 Å². The first kappa shape index (κ1) is 18.6. The molecule has 1 aromatic rings. The summed E-state index contributed by atoms with van der Waals surface area (Å²) < 4.78 is 24.5. The lowest BCUT2D eigenvalue weighted by atomic mass is 10.0. The van der Waals surface area contributed by atoms with E-state index < -0.39 is 20.3 Å². The third-order valence-corrected chi connectivity index (χ3v) is 9.07. The van der Waals surface area contributed by atoms with Gasteiger partial charge in [0.25, 0.3) is 0 Å². The van der Waals surface area contributed by atoms with Gasteiger partial charge in [0.2, 0.25) is 0 Å². The number of hydrogen-bond acceptors (Lipinski definition) is 5. The van der Waals surface area contributed by atoms with Crippen molar-refractivity contribution in [1.82, 2.24) is 15.2 Å². The number of sulfone groups is 1. The summed E-state index contributed by atoms with van der Waals surface area (Å²) in [5.41, 5.74) is 1.25. The van der Waals surface area contributed by atoms with E-state index in [4.69, 9.17) is 4.98 Å². The van der Waals surface area contributed by atoms with E-state index >= 15 is 0 Å². The maximum atomic E-state index is 12.4. The van der Waals surface area contributed by atoms with E-state index in [1.165, 1.54) is 23.4 Å². The van der Waals surface area contributed by atoms with E-state index in [-0.39, 0.29) is 12.6 Å². The predicted octanol–water partition coefficient (Wildman–Crippen LogP) is 2.17. The highest BCUT2D eigenvalue weighted by atomic mass is 32.2. The number of aryl methyl sites for hydroxylation is 2. The Kier molecular flexibility index (Phi) is 5.68. The molecule has 2 unspecified atom stereocenters. The van der Waals surface area contributed by atoms with E-state index in [2.05, 4.69) is 5.32 Å². The minimum absolute atomic E-state index is 0.165. The number of fused-ring (bicyclic) bond motifs is 1. The van der Waals surface area contributed by atoms with Crippen molar-refractivity contribution in [2.75, 3.05) is 19.6 Å². The molecule has 0 bridgehead atoms. The summed E-state index contributed by atoms with van der Waals surface area (Å²) in [5, 5.41) is 3.07. The van der Waals surface area contributed by atoms with Crippen LogP contribution in [0.3, 0.4) is 0 Å². The fourth-order valence-corrected chi connectivity index (χ4v) is 6.65. The quantitative estimate of drug-likeness (QED) is 0.861. The van der Waals surface area contributed by atoms with Crippen LogP contribution >= 0.6 is 11.3 Å². The van der Waals surface area contributed by atoms with Crippen LogP contribution in [0.2, 0.25) is 0 Å². The van der Waals surface area contributed by atoms with E-state index in [9.17, 15) is 13.2 Å². The molecular formula is C17H27N3O3S2. The molecule has 1 N–H and O–H groups in total. The second-order valence-corrected chi connectivity index (χ2v) is 10.8. The molecule has 0 spiro atoms. The van der Waals surface area contributed by atoms with E-state index in [0.29, 0.717) is 19.5 Å². The molecule has 1 aliphatic heterocycles. The molecule has 6 nitrogen and oxygen atoms in total. The van der Waals surface area contributed by atoms with Gasteiger partial charge in [-0.3, -0.25) is 0 Å². The van der Waals surface area contributed by atoms with Crippen LogP contribution in [-0.2, 0) is 29.1 Å². The molecule has 2 heterocycles. The molecule has 0 saturated carbocycles. The average molecular weight is 386 g/mol. The Morgan fingerprint density at radius 1 is 1.32 bits per heavy atom. The average Bonchev–Trinajstić information content (AvgIpc) is 2.99. The molecule has 0 radical (unpaired) electrons. The largest absolute Gasteiger partial charge is 0.338 e. The van der Waals surface area contributed by atoms with Gasteiger partial charge in [0.05, 0.1) is 21.2 Å². The highest BCUT2D eigenvalue weighted by Gasteiger charge is 2.39. The van der Waals surface area contributed by atoms with Gasteiger partial charge in [0.15, 0.2) is 9.84 Å². The standard InChI is InChI=1S/C17H27N3O3S2/c1-3-13-11-20(10-12(2)25(13,22)23)17(21)18-9-8-16-19-14-6-4-5-7-15(14)24-16/h12-13H,3-11H2,1-2H3,(H,18,21). The number of thiazole rings is 1. The molecule has 3 rings (SSSR count). The summed E-state index contributed by atoms with van der Waals surface area (Å²) in [6.45, 7) is 4.66. The molecule has 0 aromatic carbocycles. The molecule has 2 aliphatic rings. The van der Waals surface area contributed by atoms with Crippen LogP contribution in [0.1, 0.15) is 48.7 Å². The predicted molar refractivity (Wildman–Crippen MR) is 99.9 cm³/mol. The monoisotopic (exact) mass is 385 g/mol. The first-order valence-corrected chi connectivity index (χ1v) is 11.6. The second kappa shape index (κ2) is 7.61. The van der Waals surface area contributed by atoms with Crippen LogP contribution in [0.25, 0.3) is 0 Å². The zero-order valence-corrected chi connectivity index (χ0v) is 16.6. The number of rotatable bonds is 4. The van der Waals surface area contributed by atoms with Crippen LogP contribution < -0.4 is 5.32 Å². The number of nitrogens with one attached hydrogen (secondary N) is 1. The Balaban J connectivity index is 1.52. The number of carbonyl (C=O) groups excluding carboxylic acids is 1. The Morgan fingerprint density at radius 2 is 2.08 bits per heavy atom. The lowest BCUT2D eigenvalue weighted by Crippen LogP contribution is -2.55. The van der Waals surface area contributed by atoms with Crippen molar-refractivity contribution in [2.45, 2.75) is 62.9 Å². The highest BCUT2D eigenvalue weighted by molar-refractivity contribution is 7.92. The van der Waals surface area contributed by atoms with Crippen LogP contribution in [0.4, 0.5) is 4.79 Å². The number of amides is 2. The van der Waals surface area contributed by atoms with Gasteiger partial charge in [-0.05, 0) is 39.0 Å². The van der Waals surface area contributed by atoms with Gasteiger partial charge in [-0.2, -0.15) is 0 Å². The third-order valence-electron chi connectivity index (χ3n) is 5.17. The number of nitrogens with zero attached hydrogens (tertiary/aromatic N) is 2. The number of aromatic nitrogens is 1. The molecule has 1 fully saturated rings. The summed E-state index contributed by atoms with van der Waals surface area (Å²) in [6.07, 6.45) is 5.97. The number of hydrogen-bond donors (Lipinski definition) is 1. The molecule has 2 atom stereocenters. The topological polar surface area (TPSA) is 79.4 Å².